The topological polar surface area (TPSA) is 112 Å². The zero-order valence-corrected chi connectivity index (χ0v) is 20.9. The number of aliphatic hydroxyl groups excluding tert-OH is 1. The number of aromatic nitrogens is 3. The summed E-state index contributed by atoms with van der Waals surface area (Å²) in [5.41, 5.74) is 3.23. The summed E-state index contributed by atoms with van der Waals surface area (Å²) in [6, 6.07) is 19.6. The van der Waals surface area contributed by atoms with Gasteiger partial charge in [-0.1, -0.05) is 42.5 Å². The van der Waals surface area contributed by atoms with Gasteiger partial charge >= 0.3 is 0 Å². The van der Waals surface area contributed by atoms with Crippen molar-refractivity contribution in [3.63, 3.8) is 0 Å². The third-order valence-corrected chi connectivity index (χ3v) is 5.72. The Bertz CT molecular complexity index is 1380. The molecule has 0 aliphatic heterocycles. The van der Waals surface area contributed by atoms with Gasteiger partial charge in [0.15, 0.2) is 0 Å². The van der Waals surface area contributed by atoms with Crippen molar-refractivity contribution in [1.29, 1.82) is 0 Å². The van der Waals surface area contributed by atoms with Crippen molar-refractivity contribution in [2.45, 2.75) is 6.10 Å². The monoisotopic (exact) mass is 496 g/mol. The molecule has 0 bridgehead atoms. The van der Waals surface area contributed by atoms with Crippen molar-refractivity contribution in [3.05, 3.63) is 102 Å². The SMILES string of the molecule is CN(CC(O)c1cccc(NC(=O)c2ccncc2)c1)C(=O)c1cnc(N(C)C)nc1-c1ccccc1. The number of nitrogens with zero attached hydrogens (tertiary/aromatic N) is 5. The highest BCUT2D eigenvalue weighted by Gasteiger charge is 2.22. The molecule has 0 radical (unpaired) electrons. The molecule has 4 rings (SSSR count). The average Bonchev–Trinajstić information content (AvgIpc) is 2.93. The Morgan fingerprint density at radius 1 is 0.973 bits per heavy atom. The number of carbonyl (C=O) groups excluding carboxylic acids is 2. The molecule has 0 fully saturated rings. The largest absolute Gasteiger partial charge is 0.387 e. The van der Waals surface area contributed by atoms with Gasteiger partial charge in [0.25, 0.3) is 11.8 Å². The molecule has 0 aliphatic rings. The van der Waals surface area contributed by atoms with Crippen LogP contribution < -0.4 is 10.2 Å². The molecular formula is C28H28N6O3. The molecule has 9 nitrogen and oxygen atoms in total. The van der Waals surface area contributed by atoms with E-state index in [2.05, 4.69) is 20.3 Å². The van der Waals surface area contributed by atoms with E-state index in [1.165, 1.54) is 11.1 Å². The normalized spacial score (nSPS) is 11.5. The molecule has 2 N–H and O–H groups in total. The second-order valence-electron chi connectivity index (χ2n) is 8.71. The first-order chi connectivity index (χ1) is 17.8. The van der Waals surface area contributed by atoms with Crippen LogP contribution in [0, 0.1) is 0 Å². The van der Waals surface area contributed by atoms with E-state index in [4.69, 9.17) is 0 Å². The zero-order valence-electron chi connectivity index (χ0n) is 20.9. The minimum atomic E-state index is -0.978. The van der Waals surface area contributed by atoms with Crippen molar-refractivity contribution in [2.75, 3.05) is 37.9 Å². The average molecular weight is 497 g/mol. The quantitative estimate of drug-likeness (QED) is 0.383. The van der Waals surface area contributed by atoms with Gasteiger partial charge in [0.1, 0.15) is 0 Å². The number of carbonyl (C=O) groups is 2. The standard InChI is InChI=1S/C28H28N6O3/c1-33(2)28-30-17-23(25(32-28)19-8-5-4-6-9-19)27(37)34(3)18-24(35)21-10-7-11-22(16-21)31-26(36)20-12-14-29-15-13-20/h4-17,24,35H,18H2,1-3H3,(H,31,36). The first kappa shape index (κ1) is 25.5. The molecule has 4 aromatic rings. The van der Waals surface area contributed by atoms with Crippen LogP contribution in [0.25, 0.3) is 11.3 Å². The number of hydrogen-bond acceptors (Lipinski definition) is 7. The second-order valence-corrected chi connectivity index (χ2v) is 8.71. The summed E-state index contributed by atoms with van der Waals surface area (Å²) in [5.74, 6) is -0.106. The van der Waals surface area contributed by atoms with E-state index in [0.717, 1.165) is 5.56 Å². The van der Waals surface area contributed by atoms with Gasteiger partial charge in [-0.05, 0) is 29.8 Å². The highest BCUT2D eigenvalue weighted by molar-refractivity contribution is 6.04. The van der Waals surface area contributed by atoms with Gasteiger partial charge in [-0.25, -0.2) is 9.97 Å². The van der Waals surface area contributed by atoms with Crippen molar-refractivity contribution >= 4 is 23.5 Å². The number of pyridine rings is 1. The van der Waals surface area contributed by atoms with Gasteiger partial charge in [0, 0.05) is 56.5 Å². The lowest BCUT2D eigenvalue weighted by Gasteiger charge is -2.23. The highest BCUT2D eigenvalue weighted by atomic mass is 16.3. The lowest BCUT2D eigenvalue weighted by molar-refractivity contribution is 0.0681. The fourth-order valence-electron chi connectivity index (χ4n) is 3.74. The Balaban J connectivity index is 1.51. The Labute approximate surface area is 215 Å². The van der Waals surface area contributed by atoms with E-state index in [-0.39, 0.29) is 18.4 Å². The number of hydrogen-bond donors (Lipinski definition) is 2. The number of nitrogens with one attached hydrogen (secondary N) is 1. The van der Waals surface area contributed by atoms with Gasteiger partial charge in [-0.2, -0.15) is 0 Å². The maximum atomic E-state index is 13.4. The third kappa shape index (κ3) is 6.14. The highest BCUT2D eigenvalue weighted by Crippen LogP contribution is 2.25. The van der Waals surface area contributed by atoms with E-state index in [9.17, 15) is 14.7 Å². The lowest BCUT2D eigenvalue weighted by atomic mass is 10.1. The van der Waals surface area contributed by atoms with Gasteiger partial charge < -0.3 is 20.2 Å². The van der Waals surface area contributed by atoms with E-state index in [1.807, 2.05) is 44.4 Å². The van der Waals surface area contributed by atoms with Crippen molar-refractivity contribution < 1.29 is 14.7 Å². The van der Waals surface area contributed by atoms with Crippen LogP contribution in [-0.4, -0.2) is 64.5 Å². The van der Waals surface area contributed by atoms with Gasteiger partial charge in [-0.3, -0.25) is 14.6 Å². The molecule has 2 aromatic carbocycles. The van der Waals surface area contributed by atoms with Crippen molar-refractivity contribution in [2.24, 2.45) is 0 Å². The van der Waals surface area contributed by atoms with Gasteiger partial charge in [-0.15, -0.1) is 0 Å². The first-order valence-corrected chi connectivity index (χ1v) is 11.7. The number of amides is 2. The zero-order chi connectivity index (χ0) is 26.4. The minimum Gasteiger partial charge on any atom is -0.387 e. The summed E-state index contributed by atoms with van der Waals surface area (Å²) in [6.45, 7) is 0.0320. The molecular weight excluding hydrogens is 468 g/mol. The van der Waals surface area contributed by atoms with Crippen LogP contribution >= 0.6 is 0 Å². The van der Waals surface area contributed by atoms with Crippen LogP contribution in [0.5, 0.6) is 0 Å². The van der Waals surface area contributed by atoms with Crippen LogP contribution in [-0.2, 0) is 0 Å². The maximum absolute atomic E-state index is 13.4. The first-order valence-electron chi connectivity index (χ1n) is 11.7. The Kier molecular flexibility index (Phi) is 7.85. The summed E-state index contributed by atoms with van der Waals surface area (Å²) >= 11 is 0. The van der Waals surface area contributed by atoms with Crippen molar-refractivity contribution in [1.82, 2.24) is 19.9 Å². The molecule has 0 aliphatic carbocycles. The summed E-state index contributed by atoms with van der Waals surface area (Å²) in [5, 5.41) is 13.7. The second kappa shape index (κ2) is 11.4. The molecule has 188 valence electrons. The fraction of sp³-hybridized carbons (Fsp3) is 0.179. The minimum absolute atomic E-state index is 0.0320. The molecule has 37 heavy (non-hydrogen) atoms. The predicted octanol–water partition coefficient (Wildman–Crippen LogP) is 3.66. The Morgan fingerprint density at radius 2 is 1.70 bits per heavy atom. The smallest absolute Gasteiger partial charge is 0.257 e. The molecule has 2 amide bonds. The number of aliphatic hydroxyl groups is 1. The van der Waals surface area contributed by atoms with Crippen LogP contribution in [0.1, 0.15) is 32.4 Å². The molecule has 2 aromatic heterocycles. The number of benzene rings is 2. The summed E-state index contributed by atoms with van der Waals surface area (Å²) in [7, 11) is 5.29. The molecule has 0 saturated carbocycles. The number of rotatable bonds is 8. The maximum Gasteiger partial charge on any atom is 0.257 e. The summed E-state index contributed by atoms with van der Waals surface area (Å²) in [4.78, 5) is 41.9. The van der Waals surface area contributed by atoms with E-state index in [1.54, 1.807) is 60.7 Å². The summed E-state index contributed by atoms with van der Waals surface area (Å²) < 4.78 is 0. The van der Waals surface area contributed by atoms with Crippen LogP contribution in [0.15, 0.2) is 85.3 Å². The molecule has 0 saturated heterocycles. The molecule has 1 unspecified atom stereocenters. The third-order valence-electron chi connectivity index (χ3n) is 5.72. The number of anilines is 2. The Hall–Kier alpha value is -4.63. The Morgan fingerprint density at radius 3 is 2.41 bits per heavy atom. The van der Waals surface area contributed by atoms with Crippen molar-refractivity contribution in [3.8, 4) is 11.3 Å². The van der Waals surface area contributed by atoms with Crippen LogP contribution in [0.4, 0.5) is 11.6 Å². The predicted molar refractivity (Wildman–Crippen MR) is 142 cm³/mol. The van der Waals surface area contributed by atoms with E-state index >= 15 is 0 Å². The van der Waals surface area contributed by atoms with E-state index < -0.39 is 6.10 Å². The number of likely N-dealkylation sites (N-methyl/N-ethyl adjacent to an activating group) is 1. The van der Waals surface area contributed by atoms with Crippen LogP contribution in [0.3, 0.4) is 0 Å². The molecule has 9 heteroatoms. The molecule has 0 spiro atoms. The summed E-state index contributed by atoms with van der Waals surface area (Å²) in [6.07, 6.45) is 3.63. The van der Waals surface area contributed by atoms with Gasteiger partial charge in [0.2, 0.25) is 5.95 Å². The van der Waals surface area contributed by atoms with Gasteiger partial charge in [0.05, 0.1) is 23.9 Å². The fourth-order valence-corrected chi connectivity index (χ4v) is 3.74. The molecule has 2 heterocycles. The van der Waals surface area contributed by atoms with Crippen LogP contribution in [0.2, 0.25) is 0 Å². The molecule has 1 atom stereocenters. The lowest BCUT2D eigenvalue weighted by Crippen LogP contribution is -2.32. The van der Waals surface area contributed by atoms with E-state index in [0.29, 0.717) is 34.0 Å².